The van der Waals surface area contributed by atoms with Gasteiger partial charge in [-0.05, 0) is 54.0 Å². The number of fused-ring (bicyclic) bond motifs is 1. The van der Waals surface area contributed by atoms with Crippen molar-refractivity contribution in [2.45, 2.75) is 13.8 Å². The second kappa shape index (κ2) is 6.37. The van der Waals surface area contributed by atoms with Crippen LogP contribution in [-0.2, 0) is 0 Å². The normalized spacial score (nSPS) is 11.0. The Morgan fingerprint density at radius 1 is 0.840 bits per heavy atom. The van der Waals surface area contributed by atoms with Crippen LogP contribution in [0.3, 0.4) is 0 Å². The molecule has 2 aromatic heterocycles. The number of aryl methyl sites for hydroxylation is 2. The molecule has 0 spiro atoms. The van der Waals surface area contributed by atoms with Gasteiger partial charge in [0.15, 0.2) is 0 Å². The molecule has 0 unspecified atom stereocenters. The molecule has 1 N–H and O–H groups in total. The number of rotatable bonds is 3. The average Bonchev–Trinajstić information content (AvgIpc) is 2.95. The predicted octanol–water partition coefficient (Wildman–Crippen LogP) is 6.12. The van der Waals surface area contributed by atoms with Crippen LogP contribution >= 0.6 is 15.9 Å². The fourth-order valence-electron chi connectivity index (χ4n) is 2.82. The maximum atomic E-state index is 4.85. The lowest BCUT2D eigenvalue weighted by molar-refractivity contribution is 1.17. The van der Waals surface area contributed by atoms with Crippen molar-refractivity contribution >= 4 is 33.1 Å². The molecule has 0 atom stereocenters. The third-order valence-corrected chi connectivity index (χ3v) is 4.69. The molecule has 0 aliphatic carbocycles. The molecule has 0 saturated heterocycles. The molecule has 0 aliphatic heterocycles. The van der Waals surface area contributed by atoms with Gasteiger partial charge < -0.3 is 5.32 Å². The van der Waals surface area contributed by atoms with Gasteiger partial charge in [0.05, 0.1) is 0 Å². The molecular weight excluding hydrogens is 374 g/mol. The van der Waals surface area contributed by atoms with Gasteiger partial charge in [-0.2, -0.15) is 0 Å². The van der Waals surface area contributed by atoms with E-state index in [4.69, 9.17) is 4.98 Å². The molecule has 0 saturated carbocycles. The van der Waals surface area contributed by atoms with E-state index in [2.05, 4.69) is 88.0 Å². The summed E-state index contributed by atoms with van der Waals surface area (Å²) in [5, 5.41) is 3.54. The van der Waals surface area contributed by atoms with Gasteiger partial charge in [-0.25, -0.2) is 4.98 Å². The van der Waals surface area contributed by atoms with Gasteiger partial charge in [-0.1, -0.05) is 47.5 Å². The van der Waals surface area contributed by atoms with Crippen LogP contribution in [0.15, 0.2) is 71.3 Å². The molecule has 0 radical (unpaired) electrons. The Hall–Kier alpha value is -2.59. The van der Waals surface area contributed by atoms with E-state index in [1.807, 2.05) is 18.3 Å². The first-order valence-electron chi connectivity index (χ1n) is 8.18. The molecule has 0 fully saturated rings. The highest BCUT2D eigenvalue weighted by atomic mass is 79.9. The lowest BCUT2D eigenvalue weighted by Crippen LogP contribution is -1.97. The third kappa shape index (κ3) is 3.17. The summed E-state index contributed by atoms with van der Waals surface area (Å²) < 4.78 is 3.10. The fourth-order valence-corrected chi connectivity index (χ4v) is 3.16. The second-order valence-electron chi connectivity index (χ2n) is 6.24. The third-order valence-electron chi connectivity index (χ3n) is 4.22. The minimum atomic E-state index is 0.911. The number of hydrogen-bond acceptors (Lipinski definition) is 2. The van der Waals surface area contributed by atoms with Crippen molar-refractivity contribution in [1.82, 2.24) is 9.38 Å². The summed E-state index contributed by atoms with van der Waals surface area (Å²) in [6.45, 7) is 4.18. The van der Waals surface area contributed by atoms with Crippen LogP contribution in [0.2, 0.25) is 0 Å². The number of imidazole rings is 1. The van der Waals surface area contributed by atoms with E-state index in [1.165, 1.54) is 11.1 Å². The van der Waals surface area contributed by atoms with E-state index in [0.717, 1.165) is 32.9 Å². The summed E-state index contributed by atoms with van der Waals surface area (Å²) in [7, 11) is 0. The summed E-state index contributed by atoms with van der Waals surface area (Å²) in [6, 6.07) is 20.9. The molecule has 4 heteroatoms. The van der Waals surface area contributed by atoms with Gasteiger partial charge >= 0.3 is 0 Å². The van der Waals surface area contributed by atoms with Crippen molar-refractivity contribution in [2.75, 3.05) is 5.32 Å². The predicted molar refractivity (Wildman–Crippen MR) is 108 cm³/mol. The molecular formula is C21H18BrN3. The highest BCUT2D eigenvalue weighted by Crippen LogP contribution is 2.32. The van der Waals surface area contributed by atoms with E-state index < -0.39 is 0 Å². The summed E-state index contributed by atoms with van der Waals surface area (Å²) in [4.78, 5) is 4.85. The molecule has 4 rings (SSSR count). The maximum absolute atomic E-state index is 4.85. The van der Waals surface area contributed by atoms with Crippen molar-refractivity contribution in [3.05, 3.63) is 82.5 Å². The Balaban J connectivity index is 1.89. The summed E-state index contributed by atoms with van der Waals surface area (Å²) in [5.41, 5.74) is 6.47. The van der Waals surface area contributed by atoms with Crippen molar-refractivity contribution in [1.29, 1.82) is 0 Å². The Bertz CT molecular complexity index is 1030. The first-order chi connectivity index (χ1) is 12.1. The van der Waals surface area contributed by atoms with Crippen LogP contribution in [0.4, 0.5) is 11.5 Å². The van der Waals surface area contributed by atoms with Crippen LogP contribution in [0.1, 0.15) is 11.1 Å². The zero-order chi connectivity index (χ0) is 17.4. The van der Waals surface area contributed by atoms with Crippen molar-refractivity contribution in [3.8, 4) is 11.3 Å². The lowest BCUT2D eigenvalue weighted by atomic mass is 10.1. The minimum Gasteiger partial charge on any atom is -0.339 e. The SMILES string of the molecule is Cc1ccc(Nc2c(-c3ccc(C)cc3)nc3ccc(Br)cn23)cc1. The van der Waals surface area contributed by atoms with Gasteiger partial charge in [-0.3, -0.25) is 4.40 Å². The van der Waals surface area contributed by atoms with E-state index in [0.29, 0.717) is 0 Å². The van der Waals surface area contributed by atoms with Gasteiger partial charge in [0.25, 0.3) is 0 Å². The minimum absolute atomic E-state index is 0.911. The highest BCUT2D eigenvalue weighted by Gasteiger charge is 2.14. The van der Waals surface area contributed by atoms with Gasteiger partial charge in [0, 0.05) is 21.9 Å². The number of pyridine rings is 1. The molecule has 124 valence electrons. The van der Waals surface area contributed by atoms with Crippen LogP contribution in [0.25, 0.3) is 16.9 Å². The topological polar surface area (TPSA) is 29.3 Å². The van der Waals surface area contributed by atoms with E-state index in [1.54, 1.807) is 0 Å². The first kappa shape index (κ1) is 15.9. The molecule has 4 aromatic rings. The van der Waals surface area contributed by atoms with Gasteiger partial charge in [-0.15, -0.1) is 0 Å². The maximum Gasteiger partial charge on any atom is 0.143 e. The number of nitrogens with zero attached hydrogens (tertiary/aromatic N) is 2. The molecule has 2 aromatic carbocycles. The molecule has 0 bridgehead atoms. The Morgan fingerprint density at radius 2 is 1.48 bits per heavy atom. The summed E-state index contributed by atoms with van der Waals surface area (Å²) in [5.74, 6) is 0.962. The van der Waals surface area contributed by atoms with E-state index >= 15 is 0 Å². The van der Waals surface area contributed by atoms with Gasteiger partial charge in [0.2, 0.25) is 0 Å². The van der Waals surface area contributed by atoms with Gasteiger partial charge in [0.1, 0.15) is 17.2 Å². The van der Waals surface area contributed by atoms with E-state index in [9.17, 15) is 0 Å². The molecule has 25 heavy (non-hydrogen) atoms. The van der Waals surface area contributed by atoms with Crippen molar-refractivity contribution < 1.29 is 0 Å². The smallest absolute Gasteiger partial charge is 0.143 e. The first-order valence-corrected chi connectivity index (χ1v) is 8.98. The van der Waals surface area contributed by atoms with Crippen LogP contribution in [-0.4, -0.2) is 9.38 Å². The lowest BCUT2D eigenvalue weighted by Gasteiger charge is -2.10. The monoisotopic (exact) mass is 391 g/mol. The molecule has 0 amide bonds. The van der Waals surface area contributed by atoms with Crippen LogP contribution < -0.4 is 5.32 Å². The zero-order valence-electron chi connectivity index (χ0n) is 14.1. The molecule has 3 nitrogen and oxygen atoms in total. The number of halogens is 1. The summed E-state index contributed by atoms with van der Waals surface area (Å²) in [6.07, 6.45) is 2.04. The number of hydrogen-bond donors (Lipinski definition) is 1. The molecule has 2 heterocycles. The quantitative estimate of drug-likeness (QED) is 0.455. The zero-order valence-corrected chi connectivity index (χ0v) is 15.7. The second-order valence-corrected chi connectivity index (χ2v) is 7.16. The number of aromatic nitrogens is 2. The standard InChI is InChI=1S/C21H18BrN3/c1-14-3-7-16(8-4-14)20-21(23-18-10-5-15(2)6-11-18)25-13-17(22)9-12-19(25)24-20/h3-13,23H,1-2H3. The van der Waals surface area contributed by atoms with E-state index in [-0.39, 0.29) is 0 Å². The van der Waals surface area contributed by atoms with Crippen LogP contribution in [0.5, 0.6) is 0 Å². The Labute approximate surface area is 155 Å². The largest absolute Gasteiger partial charge is 0.339 e. The average molecular weight is 392 g/mol. The van der Waals surface area contributed by atoms with Crippen LogP contribution in [0, 0.1) is 13.8 Å². The summed E-state index contributed by atoms with van der Waals surface area (Å²) >= 11 is 3.56. The number of anilines is 2. The van der Waals surface area contributed by atoms with Crippen molar-refractivity contribution in [2.24, 2.45) is 0 Å². The Kier molecular flexibility index (Phi) is 4.06. The highest BCUT2D eigenvalue weighted by molar-refractivity contribution is 9.10. The number of benzene rings is 2. The number of nitrogens with one attached hydrogen (secondary N) is 1. The van der Waals surface area contributed by atoms with Crippen molar-refractivity contribution in [3.63, 3.8) is 0 Å². The fraction of sp³-hybridized carbons (Fsp3) is 0.0952. The molecule has 0 aliphatic rings. The Morgan fingerprint density at radius 3 is 2.16 bits per heavy atom.